The summed E-state index contributed by atoms with van der Waals surface area (Å²) in [5, 5.41) is 13.2. The third-order valence-corrected chi connectivity index (χ3v) is 6.71. The molecule has 2 saturated heterocycles. The van der Waals surface area contributed by atoms with Gasteiger partial charge in [0, 0.05) is 44.1 Å². The maximum Gasteiger partial charge on any atom is 0.407 e. The number of rotatable bonds is 6. The Morgan fingerprint density at radius 2 is 1.84 bits per heavy atom. The third-order valence-electron chi connectivity index (χ3n) is 6.71. The van der Waals surface area contributed by atoms with E-state index in [1.165, 1.54) is 20.0 Å². The fraction of sp³-hybridized carbons (Fsp3) is 0.667. The van der Waals surface area contributed by atoms with E-state index in [2.05, 4.69) is 42.8 Å². The van der Waals surface area contributed by atoms with Gasteiger partial charge in [0.2, 0.25) is 0 Å². The van der Waals surface area contributed by atoms with Gasteiger partial charge in [0.15, 0.2) is 0 Å². The number of esters is 1. The molecule has 0 saturated carbocycles. The van der Waals surface area contributed by atoms with Crippen molar-refractivity contribution in [2.45, 2.75) is 46.6 Å². The van der Waals surface area contributed by atoms with Crippen molar-refractivity contribution in [1.29, 1.82) is 0 Å². The van der Waals surface area contributed by atoms with Crippen LogP contribution in [0.25, 0.3) is 0 Å². The van der Waals surface area contributed by atoms with E-state index in [4.69, 9.17) is 4.74 Å². The van der Waals surface area contributed by atoms with Crippen molar-refractivity contribution < 1.29 is 19.4 Å². The number of anilines is 2. The number of carbonyl (C=O) groups is 2. The monoisotopic (exact) mass is 446 g/mol. The minimum Gasteiger partial charge on any atom is -0.465 e. The molecule has 178 valence electrons. The van der Waals surface area contributed by atoms with Crippen molar-refractivity contribution >= 4 is 23.4 Å². The molecule has 0 aliphatic carbocycles. The van der Waals surface area contributed by atoms with Crippen molar-refractivity contribution in [2.75, 3.05) is 63.1 Å². The Labute approximate surface area is 191 Å². The van der Waals surface area contributed by atoms with Gasteiger partial charge in [0.05, 0.1) is 18.7 Å². The predicted molar refractivity (Wildman–Crippen MR) is 127 cm³/mol. The molecule has 0 aromatic heterocycles. The molecule has 0 bridgehead atoms. The van der Waals surface area contributed by atoms with E-state index in [9.17, 15) is 14.7 Å². The first-order valence-electron chi connectivity index (χ1n) is 11.6. The summed E-state index contributed by atoms with van der Waals surface area (Å²) in [4.78, 5) is 30.4. The molecule has 1 aromatic rings. The van der Waals surface area contributed by atoms with E-state index in [1.807, 2.05) is 12.1 Å². The molecule has 3 rings (SSSR count). The highest BCUT2D eigenvalue weighted by atomic mass is 16.5. The molecule has 1 unspecified atom stereocenters. The van der Waals surface area contributed by atoms with Crippen LogP contribution in [0, 0.1) is 12.3 Å². The number of nitrogens with zero attached hydrogens (tertiary/aromatic N) is 3. The number of carboxylic acid groups (broad SMARTS) is 1. The second-order valence-electron chi connectivity index (χ2n) is 9.94. The number of methoxy groups -OCH3 is 1. The van der Waals surface area contributed by atoms with Crippen molar-refractivity contribution in [3.8, 4) is 0 Å². The highest BCUT2D eigenvalue weighted by Gasteiger charge is 2.38. The van der Waals surface area contributed by atoms with Gasteiger partial charge < -0.3 is 29.9 Å². The molecule has 1 amide bonds. The number of likely N-dealkylation sites (tertiary alicyclic amines) is 1. The van der Waals surface area contributed by atoms with E-state index in [0.29, 0.717) is 25.2 Å². The fourth-order valence-electron chi connectivity index (χ4n) is 4.77. The fourth-order valence-corrected chi connectivity index (χ4v) is 4.77. The Hall–Kier alpha value is -2.48. The van der Waals surface area contributed by atoms with E-state index in [1.54, 1.807) is 4.90 Å². The van der Waals surface area contributed by atoms with Crippen molar-refractivity contribution in [2.24, 2.45) is 5.41 Å². The van der Waals surface area contributed by atoms with E-state index in [0.717, 1.165) is 43.1 Å². The minimum absolute atomic E-state index is 0.151. The van der Waals surface area contributed by atoms with Crippen molar-refractivity contribution in [1.82, 2.24) is 9.80 Å². The standard InChI is InChI=1S/C24H38N4O4/c1-17-19(25-8-11-26-9-6-7-10-26)14-18(22(29)32-5)15-20(17)27-12-13-28(23(30)31)21(16-27)24(2,3)4/h14-15,21,25H,6-13,16H2,1-5H3,(H,30,31). The van der Waals surface area contributed by atoms with Crippen molar-refractivity contribution in [3.05, 3.63) is 23.3 Å². The molecule has 32 heavy (non-hydrogen) atoms. The summed E-state index contributed by atoms with van der Waals surface area (Å²) >= 11 is 0. The molecule has 2 aliphatic rings. The number of amides is 1. The maximum absolute atomic E-state index is 12.4. The van der Waals surface area contributed by atoms with Crippen LogP contribution in [-0.4, -0.2) is 85.9 Å². The average Bonchev–Trinajstić information content (AvgIpc) is 3.26. The Morgan fingerprint density at radius 1 is 1.16 bits per heavy atom. The van der Waals surface area contributed by atoms with Gasteiger partial charge in [-0.3, -0.25) is 0 Å². The number of hydrogen-bond donors (Lipinski definition) is 2. The molecule has 2 fully saturated rings. The first-order valence-corrected chi connectivity index (χ1v) is 11.6. The molecule has 0 spiro atoms. The van der Waals surface area contributed by atoms with Gasteiger partial charge in [-0.05, 0) is 56.0 Å². The summed E-state index contributed by atoms with van der Waals surface area (Å²) in [5.74, 6) is -0.370. The second-order valence-corrected chi connectivity index (χ2v) is 9.94. The molecule has 2 N–H and O–H groups in total. The molecule has 0 radical (unpaired) electrons. The zero-order chi connectivity index (χ0) is 23.5. The first kappa shape index (κ1) is 24.2. The van der Waals surface area contributed by atoms with Crippen LogP contribution in [0.2, 0.25) is 0 Å². The van der Waals surface area contributed by atoms with E-state index in [-0.39, 0.29) is 17.4 Å². The summed E-state index contributed by atoms with van der Waals surface area (Å²) < 4.78 is 5.00. The minimum atomic E-state index is -0.881. The van der Waals surface area contributed by atoms with Gasteiger partial charge in [0.1, 0.15) is 0 Å². The topological polar surface area (TPSA) is 85.4 Å². The summed E-state index contributed by atoms with van der Waals surface area (Å²) in [7, 11) is 1.39. The predicted octanol–water partition coefficient (Wildman–Crippen LogP) is 3.50. The van der Waals surface area contributed by atoms with Crippen LogP contribution in [0.5, 0.6) is 0 Å². The number of nitrogens with one attached hydrogen (secondary N) is 1. The maximum atomic E-state index is 12.4. The molecule has 1 aromatic carbocycles. The van der Waals surface area contributed by atoms with Crippen LogP contribution in [0.1, 0.15) is 49.5 Å². The zero-order valence-corrected chi connectivity index (χ0v) is 20.1. The summed E-state index contributed by atoms with van der Waals surface area (Å²) in [6.07, 6.45) is 1.64. The molecule has 2 aliphatic heterocycles. The Morgan fingerprint density at radius 3 is 2.44 bits per heavy atom. The Bertz CT molecular complexity index is 830. The SMILES string of the molecule is COC(=O)c1cc(NCCN2CCCC2)c(C)c(N2CCN(C(=O)O)C(C(C)(C)C)C2)c1. The first-order chi connectivity index (χ1) is 15.1. The third kappa shape index (κ3) is 5.46. The highest BCUT2D eigenvalue weighted by molar-refractivity contribution is 5.93. The summed E-state index contributed by atoms with van der Waals surface area (Å²) in [5.41, 5.74) is 3.24. The van der Waals surface area contributed by atoms with Crippen LogP contribution in [0.3, 0.4) is 0 Å². The van der Waals surface area contributed by atoms with Crippen LogP contribution >= 0.6 is 0 Å². The number of piperazine rings is 1. The quantitative estimate of drug-likeness (QED) is 0.647. The van der Waals surface area contributed by atoms with Crippen LogP contribution < -0.4 is 10.2 Å². The number of ether oxygens (including phenoxy) is 1. The lowest BCUT2D eigenvalue weighted by Crippen LogP contribution is -2.59. The lowest BCUT2D eigenvalue weighted by molar-refractivity contribution is 0.0600. The lowest BCUT2D eigenvalue weighted by Gasteiger charge is -2.47. The lowest BCUT2D eigenvalue weighted by atomic mass is 9.84. The molecule has 1 atom stereocenters. The second kappa shape index (κ2) is 9.98. The van der Waals surface area contributed by atoms with Crippen LogP contribution in [0.15, 0.2) is 12.1 Å². The van der Waals surface area contributed by atoms with E-state index >= 15 is 0 Å². The number of hydrogen-bond acceptors (Lipinski definition) is 6. The molecule has 8 nitrogen and oxygen atoms in total. The smallest absolute Gasteiger partial charge is 0.407 e. The Balaban J connectivity index is 1.86. The largest absolute Gasteiger partial charge is 0.465 e. The van der Waals surface area contributed by atoms with Gasteiger partial charge in [-0.25, -0.2) is 9.59 Å². The van der Waals surface area contributed by atoms with Gasteiger partial charge in [-0.1, -0.05) is 20.8 Å². The zero-order valence-electron chi connectivity index (χ0n) is 20.1. The number of benzene rings is 1. The summed E-state index contributed by atoms with van der Waals surface area (Å²) in [6, 6.07) is 3.59. The molecular formula is C24H38N4O4. The van der Waals surface area contributed by atoms with Crippen LogP contribution in [-0.2, 0) is 4.74 Å². The molecular weight excluding hydrogens is 408 g/mol. The molecule has 2 heterocycles. The Kier molecular flexibility index (Phi) is 7.54. The highest BCUT2D eigenvalue weighted by Crippen LogP contribution is 2.34. The normalized spacial score (nSPS) is 19.8. The van der Waals surface area contributed by atoms with Gasteiger partial charge in [-0.2, -0.15) is 0 Å². The van der Waals surface area contributed by atoms with Gasteiger partial charge in [-0.15, -0.1) is 0 Å². The van der Waals surface area contributed by atoms with Crippen LogP contribution in [0.4, 0.5) is 16.2 Å². The number of carbonyl (C=O) groups excluding carboxylic acids is 1. The average molecular weight is 447 g/mol. The van der Waals surface area contributed by atoms with Crippen molar-refractivity contribution in [3.63, 3.8) is 0 Å². The molecule has 8 heteroatoms. The van der Waals surface area contributed by atoms with Gasteiger partial charge in [0.25, 0.3) is 0 Å². The summed E-state index contributed by atoms with van der Waals surface area (Å²) in [6.45, 7) is 13.9. The van der Waals surface area contributed by atoms with E-state index < -0.39 is 6.09 Å². The van der Waals surface area contributed by atoms with Gasteiger partial charge >= 0.3 is 12.1 Å².